The Kier molecular flexibility index (Phi) is 4.41. The van der Waals surface area contributed by atoms with Crippen LogP contribution in [0.15, 0.2) is 33.8 Å². The van der Waals surface area contributed by atoms with Gasteiger partial charge in [0.2, 0.25) is 5.91 Å². The van der Waals surface area contributed by atoms with Crippen molar-refractivity contribution in [2.45, 2.75) is 38.1 Å². The number of carbonyl (C=O) groups excluding carboxylic acids is 1. The van der Waals surface area contributed by atoms with E-state index in [0.29, 0.717) is 12.2 Å². The lowest BCUT2D eigenvalue weighted by molar-refractivity contribution is -0.132. The molecule has 1 aliphatic rings. The maximum Gasteiger partial charge on any atom is 0.280 e. The molecule has 2 aromatic rings. The SMILES string of the molecule is O=C(CCCn1cccn1)N1CCC(c2cc(=O)[nH]o2)CC1. The van der Waals surface area contributed by atoms with E-state index in [4.69, 9.17) is 4.52 Å². The van der Waals surface area contributed by atoms with Crippen molar-refractivity contribution in [2.24, 2.45) is 0 Å². The predicted octanol–water partition coefficient (Wildman–Crippen LogP) is 1.35. The van der Waals surface area contributed by atoms with E-state index in [1.54, 1.807) is 6.20 Å². The van der Waals surface area contributed by atoms with E-state index >= 15 is 0 Å². The zero-order chi connectivity index (χ0) is 15.4. The van der Waals surface area contributed by atoms with Gasteiger partial charge in [0.15, 0.2) is 0 Å². The molecule has 3 rings (SSSR count). The fourth-order valence-corrected chi connectivity index (χ4v) is 2.90. The van der Waals surface area contributed by atoms with Crippen molar-refractivity contribution in [1.82, 2.24) is 19.8 Å². The van der Waals surface area contributed by atoms with E-state index in [0.717, 1.165) is 38.9 Å². The molecule has 1 fully saturated rings. The molecule has 0 bridgehead atoms. The molecule has 0 radical (unpaired) electrons. The third-order valence-electron chi connectivity index (χ3n) is 4.13. The average Bonchev–Trinajstić information content (AvgIpc) is 3.19. The molecule has 7 nitrogen and oxygen atoms in total. The van der Waals surface area contributed by atoms with Crippen molar-refractivity contribution in [3.8, 4) is 0 Å². The van der Waals surface area contributed by atoms with Gasteiger partial charge in [-0.3, -0.25) is 14.3 Å². The molecule has 2 aromatic heterocycles. The summed E-state index contributed by atoms with van der Waals surface area (Å²) < 4.78 is 7.00. The van der Waals surface area contributed by atoms with Gasteiger partial charge in [-0.25, -0.2) is 0 Å². The summed E-state index contributed by atoms with van der Waals surface area (Å²) >= 11 is 0. The van der Waals surface area contributed by atoms with Gasteiger partial charge in [0.05, 0.1) is 0 Å². The number of carbonyl (C=O) groups is 1. The third kappa shape index (κ3) is 3.47. The molecule has 0 spiro atoms. The summed E-state index contributed by atoms with van der Waals surface area (Å²) in [6, 6.07) is 3.39. The fourth-order valence-electron chi connectivity index (χ4n) is 2.90. The van der Waals surface area contributed by atoms with Crippen LogP contribution in [0.25, 0.3) is 0 Å². The number of aromatic nitrogens is 3. The molecule has 7 heteroatoms. The number of hydrogen-bond donors (Lipinski definition) is 1. The normalized spacial score (nSPS) is 16.1. The van der Waals surface area contributed by atoms with Gasteiger partial charge >= 0.3 is 0 Å². The van der Waals surface area contributed by atoms with Gasteiger partial charge in [-0.2, -0.15) is 10.3 Å². The van der Waals surface area contributed by atoms with Gasteiger partial charge in [-0.1, -0.05) is 0 Å². The highest BCUT2D eigenvalue weighted by atomic mass is 16.5. The highest BCUT2D eigenvalue weighted by Crippen LogP contribution is 2.27. The first-order chi connectivity index (χ1) is 10.7. The quantitative estimate of drug-likeness (QED) is 0.903. The molecule has 0 aliphatic carbocycles. The summed E-state index contributed by atoms with van der Waals surface area (Å²) in [6.45, 7) is 2.21. The minimum atomic E-state index is -0.202. The maximum absolute atomic E-state index is 12.2. The smallest absolute Gasteiger partial charge is 0.280 e. The van der Waals surface area contributed by atoms with E-state index in [1.165, 1.54) is 6.07 Å². The van der Waals surface area contributed by atoms with Gasteiger partial charge in [-0.05, 0) is 25.3 Å². The Morgan fingerprint density at radius 3 is 2.86 bits per heavy atom. The van der Waals surface area contributed by atoms with Crippen LogP contribution in [0.1, 0.15) is 37.4 Å². The molecule has 0 unspecified atom stereocenters. The first kappa shape index (κ1) is 14.6. The molecular formula is C15H20N4O3. The van der Waals surface area contributed by atoms with Crippen molar-refractivity contribution in [1.29, 1.82) is 0 Å². The molecule has 1 saturated heterocycles. The molecule has 3 heterocycles. The highest BCUT2D eigenvalue weighted by Gasteiger charge is 2.25. The first-order valence-corrected chi connectivity index (χ1v) is 7.66. The van der Waals surface area contributed by atoms with Crippen LogP contribution in [0.5, 0.6) is 0 Å². The van der Waals surface area contributed by atoms with E-state index < -0.39 is 0 Å². The number of aromatic amines is 1. The van der Waals surface area contributed by atoms with Crippen molar-refractivity contribution < 1.29 is 9.32 Å². The summed E-state index contributed by atoms with van der Waals surface area (Å²) in [5.41, 5.74) is -0.202. The summed E-state index contributed by atoms with van der Waals surface area (Å²) in [6.07, 6.45) is 6.67. The Balaban J connectivity index is 1.42. The molecular weight excluding hydrogens is 284 g/mol. The van der Waals surface area contributed by atoms with Gasteiger partial charge in [-0.15, -0.1) is 0 Å². The zero-order valence-electron chi connectivity index (χ0n) is 12.4. The number of nitrogens with one attached hydrogen (secondary N) is 1. The molecule has 0 saturated carbocycles. The van der Waals surface area contributed by atoms with E-state index in [-0.39, 0.29) is 17.4 Å². The van der Waals surface area contributed by atoms with Crippen LogP contribution in [0, 0.1) is 0 Å². The summed E-state index contributed by atoms with van der Waals surface area (Å²) in [4.78, 5) is 25.2. The van der Waals surface area contributed by atoms with Crippen molar-refractivity contribution >= 4 is 5.91 Å². The first-order valence-electron chi connectivity index (χ1n) is 7.66. The fraction of sp³-hybridized carbons (Fsp3) is 0.533. The Morgan fingerprint density at radius 1 is 1.41 bits per heavy atom. The van der Waals surface area contributed by atoms with E-state index in [9.17, 15) is 9.59 Å². The van der Waals surface area contributed by atoms with Crippen LogP contribution in [0.3, 0.4) is 0 Å². The highest BCUT2D eigenvalue weighted by molar-refractivity contribution is 5.76. The largest absolute Gasteiger partial charge is 0.383 e. The maximum atomic E-state index is 12.2. The molecule has 1 aliphatic heterocycles. The summed E-state index contributed by atoms with van der Waals surface area (Å²) in [7, 11) is 0. The van der Waals surface area contributed by atoms with Crippen molar-refractivity contribution in [2.75, 3.05) is 13.1 Å². The van der Waals surface area contributed by atoms with E-state index in [2.05, 4.69) is 10.3 Å². The number of likely N-dealkylation sites (tertiary alicyclic amines) is 1. The Hall–Kier alpha value is -2.31. The lowest BCUT2D eigenvalue weighted by atomic mass is 9.94. The molecule has 1 amide bonds. The van der Waals surface area contributed by atoms with Gasteiger partial charge in [0.25, 0.3) is 5.56 Å². The number of nitrogens with zero attached hydrogens (tertiary/aromatic N) is 3. The predicted molar refractivity (Wildman–Crippen MR) is 79.3 cm³/mol. The van der Waals surface area contributed by atoms with Crippen LogP contribution >= 0.6 is 0 Å². The van der Waals surface area contributed by atoms with Crippen LogP contribution in [-0.4, -0.2) is 38.8 Å². The average molecular weight is 304 g/mol. The number of hydrogen-bond acceptors (Lipinski definition) is 4. The van der Waals surface area contributed by atoms with Crippen LogP contribution in [0.2, 0.25) is 0 Å². The Morgan fingerprint density at radius 2 is 2.23 bits per heavy atom. The molecule has 0 atom stereocenters. The minimum absolute atomic E-state index is 0.195. The number of rotatable bonds is 5. The number of amides is 1. The van der Waals surface area contributed by atoms with Crippen molar-refractivity contribution in [3.05, 3.63) is 40.6 Å². The standard InChI is InChI=1S/C15H20N4O3/c20-14-11-13(22-17-14)12-4-9-18(10-5-12)15(21)3-1-7-19-8-2-6-16-19/h2,6,8,11-12H,1,3-5,7,9-10H2,(H,17,20). The number of piperidine rings is 1. The second-order valence-corrected chi connectivity index (χ2v) is 5.64. The topological polar surface area (TPSA) is 84.1 Å². The lowest BCUT2D eigenvalue weighted by Crippen LogP contribution is -2.37. The summed E-state index contributed by atoms with van der Waals surface area (Å²) in [5, 5.41) is 6.45. The number of H-pyrrole nitrogens is 1. The van der Waals surface area contributed by atoms with Crippen LogP contribution in [-0.2, 0) is 11.3 Å². The zero-order valence-corrected chi connectivity index (χ0v) is 12.4. The monoisotopic (exact) mass is 304 g/mol. The molecule has 1 N–H and O–H groups in total. The molecule has 118 valence electrons. The lowest BCUT2D eigenvalue weighted by Gasteiger charge is -2.31. The number of aryl methyl sites for hydroxylation is 1. The van der Waals surface area contributed by atoms with Gasteiger partial charge in [0, 0.05) is 50.4 Å². The molecule has 22 heavy (non-hydrogen) atoms. The Bertz CT molecular complexity index is 650. The van der Waals surface area contributed by atoms with E-state index in [1.807, 2.05) is 21.8 Å². The second-order valence-electron chi connectivity index (χ2n) is 5.64. The third-order valence-corrected chi connectivity index (χ3v) is 4.13. The summed E-state index contributed by atoms with van der Waals surface area (Å²) in [5.74, 6) is 1.13. The minimum Gasteiger partial charge on any atom is -0.383 e. The Labute approximate surface area is 127 Å². The second kappa shape index (κ2) is 6.64. The van der Waals surface area contributed by atoms with Crippen LogP contribution < -0.4 is 5.56 Å². The van der Waals surface area contributed by atoms with Gasteiger partial charge < -0.3 is 9.42 Å². The van der Waals surface area contributed by atoms with Crippen molar-refractivity contribution in [3.63, 3.8) is 0 Å². The van der Waals surface area contributed by atoms with Crippen LogP contribution in [0.4, 0.5) is 0 Å². The molecule has 0 aromatic carbocycles. The van der Waals surface area contributed by atoms with Gasteiger partial charge in [0.1, 0.15) is 5.76 Å².